The van der Waals surface area contributed by atoms with Gasteiger partial charge in [0.15, 0.2) is 5.96 Å². The first-order chi connectivity index (χ1) is 9.79. The highest BCUT2D eigenvalue weighted by atomic mass is 32.1. The Morgan fingerprint density at radius 2 is 2.20 bits per heavy atom. The third kappa shape index (κ3) is 4.32. The van der Waals surface area contributed by atoms with Crippen LogP contribution in [-0.2, 0) is 11.3 Å². The zero-order chi connectivity index (χ0) is 14.2. The first-order valence-electron chi connectivity index (χ1n) is 6.32. The molecule has 1 aromatic carbocycles. The van der Waals surface area contributed by atoms with Gasteiger partial charge in [-0.15, -0.1) is 11.3 Å². The zero-order valence-corrected chi connectivity index (χ0v) is 12.2. The number of hydrogen-bond acceptors (Lipinski definition) is 4. The number of hydrogen-bond donors (Lipinski definition) is 2. The Kier molecular flexibility index (Phi) is 5.52. The minimum absolute atomic E-state index is 0.415. The molecule has 2 aromatic rings. The van der Waals surface area contributed by atoms with Crippen LogP contribution in [0.2, 0.25) is 0 Å². The summed E-state index contributed by atoms with van der Waals surface area (Å²) in [6.45, 7) is 1.74. The Bertz CT molecular complexity index is 553. The number of nitrogens with two attached hydrogens (primary N) is 1. The van der Waals surface area contributed by atoms with Crippen molar-refractivity contribution in [2.75, 3.05) is 20.3 Å². The summed E-state index contributed by atoms with van der Waals surface area (Å²) in [6.07, 6.45) is 0. The molecule has 2 rings (SSSR count). The fourth-order valence-corrected chi connectivity index (χ4v) is 2.34. The van der Waals surface area contributed by atoms with Crippen molar-refractivity contribution in [3.05, 3.63) is 40.7 Å². The molecule has 0 aliphatic rings. The van der Waals surface area contributed by atoms with Crippen LogP contribution in [0.15, 0.2) is 40.7 Å². The Morgan fingerprint density at radius 3 is 2.95 bits per heavy atom. The average molecular weight is 290 g/mol. The molecule has 0 fully saturated rings. The van der Waals surface area contributed by atoms with Crippen LogP contribution in [0.25, 0.3) is 11.3 Å². The van der Waals surface area contributed by atoms with E-state index in [4.69, 9.17) is 10.5 Å². The monoisotopic (exact) mass is 290 g/mol. The first kappa shape index (κ1) is 14.5. The predicted molar refractivity (Wildman–Crippen MR) is 82.8 cm³/mol. The lowest BCUT2D eigenvalue weighted by molar-refractivity contribution is 0.204. The van der Waals surface area contributed by atoms with Gasteiger partial charge in [-0.2, -0.15) is 0 Å². The summed E-state index contributed by atoms with van der Waals surface area (Å²) in [6, 6.07) is 10.1. The third-order valence-electron chi connectivity index (χ3n) is 2.62. The maximum atomic E-state index is 5.74. The summed E-state index contributed by atoms with van der Waals surface area (Å²) in [5, 5.41) is 5.95. The molecule has 0 aliphatic carbocycles. The third-order valence-corrected chi connectivity index (χ3v) is 3.45. The molecule has 0 spiro atoms. The van der Waals surface area contributed by atoms with E-state index in [1.54, 1.807) is 18.4 Å². The number of guanidine groups is 1. The van der Waals surface area contributed by atoms with Crippen LogP contribution in [0.4, 0.5) is 0 Å². The van der Waals surface area contributed by atoms with Crippen molar-refractivity contribution in [3.63, 3.8) is 0 Å². The van der Waals surface area contributed by atoms with Crippen molar-refractivity contribution in [2.24, 2.45) is 10.7 Å². The van der Waals surface area contributed by atoms with Crippen LogP contribution in [0.5, 0.6) is 0 Å². The van der Waals surface area contributed by atoms with Crippen LogP contribution in [0.1, 0.15) is 5.01 Å². The van der Waals surface area contributed by atoms with E-state index in [0.29, 0.717) is 25.7 Å². The summed E-state index contributed by atoms with van der Waals surface area (Å²) in [4.78, 5) is 8.80. The van der Waals surface area contributed by atoms with Crippen molar-refractivity contribution in [1.82, 2.24) is 10.3 Å². The maximum Gasteiger partial charge on any atom is 0.189 e. The van der Waals surface area contributed by atoms with Crippen LogP contribution in [-0.4, -0.2) is 31.2 Å². The molecule has 3 N–H and O–H groups in total. The van der Waals surface area contributed by atoms with Crippen molar-refractivity contribution in [3.8, 4) is 11.3 Å². The molecular weight excluding hydrogens is 272 g/mol. The Morgan fingerprint density at radius 1 is 1.40 bits per heavy atom. The van der Waals surface area contributed by atoms with Gasteiger partial charge in [-0.05, 0) is 0 Å². The minimum atomic E-state index is 0.415. The van der Waals surface area contributed by atoms with E-state index in [-0.39, 0.29) is 0 Å². The fourth-order valence-electron chi connectivity index (χ4n) is 1.61. The second-order valence-electron chi connectivity index (χ2n) is 4.11. The molecule has 1 aromatic heterocycles. The van der Waals surface area contributed by atoms with Crippen molar-refractivity contribution in [2.45, 2.75) is 6.54 Å². The van der Waals surface area contributed by atoms with E-state index in [0.717, 1.165) is 16.3 Å². The number of benzene rings is 1. The van der Waals surface area contributed by atoms with Gasteiger partial charge in [0.25, 0.3) is 0 Å². The summed E-state index contributed by atoms with van der Waals surface area (Å²) >= 11 is 1.59. The van der Waals surface area contributed by atoms with Crippen LogP contribution in [0, 0.1) is 0 Å². The van der Waals surface area contributed by atoms with E-state index in [2.05, 4.69) is 15.3 Å². The number of methoxy groups -OCH3 is 1. The summed E-state index contributed by atoms with van der Waals surface area (Å²) in [5.41, 5.74) is 7.83. The number of ether oxygens (including phenoxy) is 1. The molecular formula is C14H18N4OS. The second kappa shape index (κ2) is 7.62. The van der Waals surface area contributed by atoms with Gasteiger partial charge in [-0.25, -0.2) is 9.98 Å². The molecule has 0 radical (unpaired) electrons. The van der Waals surface area contributed by atoms with Gasteiger partial charge in [0.1, 0.15) is 5.01 Å². The number of nitrogens with zero attached hydrogens (tertiary/aromatic N) is 2. The molecule has 0 atom stereocenters. The number of nitrogens with one attached hydrogen (secondary N) is 1. The lowest BCUT2D eigenvalue weighted by atomic mass is 10.2. The minimum Gasteiger partial charge on any atom is -0.383 e. The number of aromatic nitrogens is 1. The molecule has 0 amide bonds. The smallest absolute Gasteiger partial charge is 0.189 e. The summed E-state index contributed by atoms with van der Waals surface area (Å²) in [5.74, 6) is 0.415. The van der Waals surface area contributed by atoms with Crippen molar-refractivity contribution >= 4 is 17.3 Å². The normalized spacial score (nSPS) is 11.6. The summed E-state index contributed by atoms with van der Waals surface area (Å²) in [7, 11) is 1.65. The van der Waals surface area contributed by atoms with Gasteiger partial charge >= 0.3 is 0 Å². The lowest BCUT2D eigenvalue weighted by Gasteiger charge is -2.03. The predicted octanol–water partition coefficient (Wildman–Crippen LogP) is 1.86. The highest BCUT2D eigenvalue weighted by Gasteiger charge is 2.03. The number of thiazole rings is 1. The van der Waals surface area contributed by atoms with Crippen LogP contribution >= 0.6 is 11.3 Å². The van der Waals surface area contributed by atoms with E-state index in [1.807, 2.05) is 35.7 Å². The van der Waals surface area contributed by atoms with Gasteiger partial charge < -0.3 is 15.8 Å². The average Bonchev–Trinajstić information content (AvgIpc) is 2.95. The molecule has 0 aliphatic heterocycles. The maximum absolute atomic E-state index is 5.74. The Labute approximate surface area is 122 Å². The standard InChI is InChI=1S/C14H18N4OS/c1-19-8-7-16-14(15)17-9-13-18-12(10-20-13)11-5-3-2-4-6-11/h2-6,10H,7-9H2,1H3,(H3,15,16,17). The molecule has 106 valence electrons. The molecule has 20 heavy (non-hydrogen) atoms. The molecule has 1 heterocycles. The van der Waals surface area contributed by atoms with Crippen molar-refractivity contribution in [1.29, 1.82) is 0 Å². The quantitative estimate of drug-likeness (QED) is 0.484. The van der Waals surface area contributed by atoms with Crippen LogP contribution in [0.3, 0.4) is 0 Å². The molecule has 0 saturated heterocycles. The Balaban J connectivity index is 1.91. The van der Waals surface area contributed by atoms with Gasteiger partial charge in [0.05, 0.1) is 18.8 Å². The van der Waals surface area contributed by atoms with Gasteiger partial charge in [0, 0.05) is 24.6 Å². The van der Waals surface area contributed by atoms with Gasteiger partial charge in [0.2, 0.25) is 0 Å². The topological polar surface area (TPSA) is 72.5 Å². The molecule has 0 unspecified atom stereocenters. The highest BCUT2D eigenvalue weighted by molar-refractivity contribution is 7.09. The number of rotatable bonds is 6. The molecule has 6 heteroatoms. The summed E-state index contributed by atoms with van der Waals surface area (Å²) < 4.78 is 4.92. The zero-order valence-electron chi connectivity index (χ0n) is 11.4. The fraction of sp³-hybridized carbons (Fsp3) is 0.286. The Hall–Kier alpha value is -1.92. The number of aliphatic imine (C=N–C) groups is 1. The van der Waals surface area contributed by atoms with Gasteiger partial charge in [-0.1, -0.05) is 30.3 Å². The van der Waals surface area contributed by atoms with Crippen LogP contribution < -0.4 is 11.1 Å². The lowest BCUT2D eigenvalue weighted by Crippen LogP contribution is -2.34. The highest BCUT2D eigenvalue weighted by Crippen LogP contribution is 2.21. The van der Waals surface area contributed by atoms with Gasteiger partial charge in [-0.3, -0.25) is 0 Å². The van der Waals surface area contributed by atoms with E-state index in [1.165, 1.54) is 0 Å². The van der Waals surface area contributed by atoms with E-state index >= 15 is 0 Å². The van der Waals surface area contributed by atoms with E-state index < -0.39 is 0 Å². The second-order valence-corrected chi connectivity index (χ2v) is 5.06. The first-order valence-corrected chi connectivity index (χ1v) is 7.20. The molecule has 0 bridgehead atoms. The van der Waals surface area contributed by atoms with Crippen molar-refractivity contribution < 1.29 is 4.74 Å². The molecule has 0 saturated carbocycles. The largest absolute Gasteiger partial charge is 0.383 e. The SMILES string of the molecule is COCCNC(N)=NCc1nc(-c2ccccc2)cs1. The van der Waals surface area contributed by atoms with E-state index in [9.17, 15) is 0 Å². The molecule has 5 nitrogen and oxygen atoms in total.